The molecule has 6 heteroatoms. The van der Waals surface area contributed by atoms with Crippen LogP contribution in [0.1, 0.15) is 19.8 Å². The summed E-state index contributed by atoms with van der Waals surface area (Å²) in [5.41, 5.74) is 8.64. The molecule has 0 bridgehead atoms. The van der Waals surface area contributed by atoms with Gasteiger partial charge in [-0.2, -0.15) is 0 Å². The summed E-state index contributed by atoms with van der Waals surface area (Å²) >= 11 is 0. The van der Waals surface area contributed by atoms with Crippen LogP contribution in [-0.2, 0) is 0 Å². The van der Waals surface area contributed by atoms with Crippen LogP contribution in [0, 0.1) is 0 Å². The first-order valence-corrected chi connectivity index (χ1v) is 6.63. The topological polar surface area (TPSA) is 80.2 Å². The van der Waals surface area contributed by atoms with Crippen molar-refractivity contribution in [3.8, 4) is 0 Å². The highest BCUT2D eigenvalue weighted by atomic mass is 16.6. The van der Waals surface area contributed by atoms with E-state index in [0.29, 0.717) is 22.8 Å². The number of aromatic nitrogens is 2. The monoisotopic (exact) mass is 261 g/mol. The van der Waals surface area contributed by atoms with Gasteiger partial charge in [0.05, 0.1) is 11.4 Å². The lowest BCUT2D eigenvalue weighted by Crippen LogP contribution is -2.36. The fourth-order valence-corrected chi connectivity index (χ4v) is 2.27. The number of rotatable bonds is 5. The summed E-state index contributed by atoms with van der Waals surface area (Å²) in [6, 6.07) is 4.98. The molecule has 0 aliphatic heterocycles. The molecule has 1 aliphatic carbocycles. The Morgan fingerprint density at radius 2 is 2.16 bits per heavy atom. The lowest BCUT2D eigenvalue weighted by Gasteiger charge is -2.25. The fraction of sp³-hybridized carbons (Fsp3) is 0.538. The van der Waals surface area contributed by atoms with Gasteiger partial charge in [0.15, 0.2) is 11.0 Å². The van der Waals surface area contributed by atoms with Crippen molar-refractivity contribution in [3.05, 3.63) is 12.1 Å². The maximum Gasteiger partial charge on any atom is 0.160 e. The van der Waals surface area contributed by atoms with E-state index < -0.39 is 0 Å². The van der Waals surface area contributed by atoms with Crippen molar-refractivity contribution in [1.29, 1.82) is 0 Å². The van der Waals surface area contributed by atoms with Gasteiger partial charge in [-0.05, 0) is 49.3 Å². The average Bonchev–Trinajstić information content (AvgIpc) is 3.14. The molecular weight excluding hydrogens is 242 g/mol. The molecule has 19 heavy (non-hydrogen) atoms. The molecule has 0 spiro atoms. The van der Waals surface area contributed by atoms with Crippen LogP contribution in [0.15, 0.2) is 16.8 Å². The van der Waals surface area contributed by atoms with Gasteiger partial charge in [-0.1, -0.05) is 0 Å². The second-order valence-electron chi connectivity index (χ2n) is 5.29. The normalized spacial score (nSPS) is 17.0. The van der Waals surface area contributed by atoms with E-state index in [0.717, 1.165) is 18.3 Å². The van der Waals surface area contributed by atoms with Gasteiger partial charge in [-0.25, -0.2) is 4.63 Å². The van der Waals surface area contributed by atoms with Crippen LogP contribution in [0.4, 0.5) is 11.4 Å². The Kier molecular flexibility index (Phi) is 3.02. The largest absolute Gasteiger partial charge is 0.397 e. The highest BCUT2D eigenvalue weighted by molar-refractivity contribution is 5.94. The fourth-order valence-electron chi connectivity index (χ4n) is 2.27. The molecule has 0 radical (unpaired) electrons. The van der Waals surface area contributed by atoms with Gasteiger partial charge in [0.25, 0.3) is 0 Å². The molecule has 102 valence electrons. The second-order valence-corrected chi connectivity index (χ2v) is 5.29. The van der Waals surface area contributed by atoms with Gasteiger partial charge in [-0.3, -0.25) is 4.90 Å². The van der Waals surface area contributed by atoms with E-state index in [9.17, 15) is 0 Å². The molecule has 3 N–H and O–H groups in total. The zero-order valence-electron chi connectivity index (χ0n) is 11.3. The van der Waals surface area contributed by atoms with Crippen LogP contribution in [0.2, 0.25) is 0 Å². The number of hydrogen-bond donors (Lipinski definition) is 2. The number of hydrogen-bond acceptors (Lipinski definition) is 6. The zero-order chi connectivity index (χ0) is 13.4. The van der Waals surface area contributed by atoms with E-state index in [1.807, 2.05) is 12.1 Å². The highest BCUT2D eigenvalue weighted by Gasteiger charge is 2.28. The summed E-state index contributed by atoms with van der Waals surface area (Å²) in [6.45, 7) is 3.08. The molecule has 1 saturated carbocycles. The molecule has 2 aromatic rings. The van der Waals surface area contributed by atoms with Crippen LogP contribution in [-0.4, -0.2) is 40.9 Å². The Morgan fingerprint density at radius 3 is 2.89 bits per heavy atom. The third-order valence-corrected chi connectivity index (χ3v) is 3.85. The Balaban J connectivity index is 1.71. The number of likely N-dealkylation sites (N-methyl/N-ethyl adjacent to an activating group) is 1. The number of nitrogens with one attached hydrogen (secondary N) is 1. The summed E-state index contributed by atoms with van der Waals surface area (Å²) in [7, 11) is 2.18. The first kappa shape index (κ1) is 12.2. The van der Waals surface area contributed by atoms with E-state index >= 15 is 0 Å². The Morgan fingerprint density at radius 1 is 1.42 bits per heavy atom. The molecule has 1 fully saturated rings. The van der Waals surface area contributed by atoms with Crippen molar-refractivity contribution in [1.82, 2.24) is 15.2 Å². The van der Waals surface area contributed by atoms with Crippen molar-refractivity contribution in [2.24, 2.45) is 0 Å². The van der Waals surface area contributed by atoms with Crippen LogP contribution in [0.25, 0.3) is 11.0 Å². The van der Waals surface area contributed by atoms with Gasteiger partial charge >= 0.3 is 0 Å². The maximum absolute atomic E-state index is 5.82. The predicted molar refractivity (Wildman–Crippen MR) is 75.0 cm³/mol. The van der Waals surface area contributed by atoms with Crippen LogP contribution < -0.4 is 11.1 Å². The van der Waals surface area contributed by atoms with Gasteiger partial charge in [0.2, 0.25) is 0 Å². The molecular formula is C13H19N5O. The molecule has 1 atom stereocenters. The Labute approximate surface area is 111 Å². The summed E-state index contributed by atoms with van der Waals surface area (Å²) in [5.74, 6) is 0. The van der Waals surface area contributed by atoms with E-state index in [2.05, 4.69) is 34.5 Å². The summed E-state index contributed by atoms with van der Waals surface area (Å²) < 4.78 is 4.76. The Hall–Kier alpha value is -1.82. The lowest BCUT2D eigenvalue weighted by atomic mass is 10.2. The maximum atomic E-state index is 5.82. The molecule has 6 nitrogen and oxygen atoms in total. The van der Waals surface area contributed by atoms with E-state index in [4.69, 9.17) is 10.4 Å². The van der Waals surface area contributed by atoms with Crippen molar-refractivity contribution >= 4 is 22.4 Å². The number of nitrogens with two attached hydrogens (primary N) is 1. The molecule has 1 unspecified atom stereocenters. The minimum Gasteiger partial charge on any atom is -0.397 e. The molecule has 1 aromatic carbocycles. The minimum atomic E-state index is 0.472. The average molecular weight is 261 g/mol. The summed E-state index contributed by atoms with van der Waals surface area (Å²) in [4.78, 5) is 2.42. The van der Waals surface area contributed by atoms with Crippen molar-refractivity contribution in [3.63, 3.8) is 0 Å². The third kappa shape index (κ3) is 2.35. The first-order valence-electron chi connectivity index (χ1n) is 6.63. The summed E-state index contributed by atoms with van der Waals surface area (Å²) in [5, 5.41) is 11.1. The van der Waals surface area contributed by atoms with Crippen molar-refractivity contribution in [2.45, 2.75) is 31.8 Å². The molecule has 1 heterocycles. The SMILES string of the molecule is CC(CNc1ccc(N)c2nonc12)N(C)C1CC1. The Bertz CT molecular complexity index is 577. The number of nitrogen functional groups attached to an aromatic ring is 1. The van der Waals surface area contributed by atoms with Crippen LogP contribution >= 0.6 is 0 Å². The van der Waals surface area contributed by atoms with Gasteiger partial charge < -0.3 is 11.1 Å². The highest BCUT2D eigenvalue weighted by Crippen LogP contribution is 2.28. The van der Waals surface area contributed by atoms with Crippen molar-refractivity contribution < 1.29 is 4.63 Å². The molecule has 3 rings (SSSR count). The number of benzene rings is 1. The second kappa shape index (κ2) is 4.70. The zero-order valence-corrected chi connectivity index (χ0v) is 11.3. The minimum absolute atomic E-state index is 0.472. The van der Waals surface area contributed by atoms with Gasteiger partial charge in [0.1, 0.15) is 0 Å². The predicted octanol–water partition coefficient (Wildman–Crippen LogP) is 1.70. The van der Waals surface area contributed by atoms with Crippen molar-refractivity contribution in [2.75, 3.05) is 24.6 Å². The number of anilines is 2. The smallest absolute Gasteiger partial charge is 0.160 e. The molecule has 0 saturated heterocycles. The molecule has 1 aromatic heterocycles. The quantitative estimate of drug-likeness (QED) is 0.797. The van der Waals surface area contributed by atoms with Crippen LogP contribution in [0.3, 0.4) is 0 Å². The third-order valence-electron chi connectivity index (χ3n) is 3.85. The van der Waals surface area contributed by atoms with E-state index in [-0.39, 0.29) is 0 Å². The van der Waals surface area contributed by atoms with Crippen LogP contribution in [0.5, 0.6) is 0 Å². The summed E-state index contributed by atoms with van der Waals surface area (Å²) in [6.07, 6.45) is 2.64. The first-order chi connectivity index (χ1) is 9.16. The lowest BCUT2D eigenvalue weighted by molar-refractivity contribution is 0.257. The van der Waals surface area contributed by atoms with E-state index in [1.165, 1.54) is 12.8 Å². The van der Waals surface area contributed by atoms with Gasteiger partial charge in [0, 0.05) is 18.6 Å². The molecule has 0 amide bonds. The van der Waals surface area contributed by atoms with Gasteiger partial charge in [-0.15, -0.1) is 0 Å². The molecule has 1 aliphatic rings. The number of fused-ring (bicyclic) bond motifs is 1. The standard InChI is InChI=1S/C13H19N5O/c1-8(18(2)9-3-4-9)7-15-11-6-5-10(14)12-13(11)17-19-16-12/h5-6,8-9,15H,3-4,7,14H2,1-2H3. The van der Waals surface area contributed by atoms with E-state index in [1.54, 1.807) is 0 Å². The number of nitrogens with zero attached hydrogens (tertiary/aromatic N) is 3.